The van der Waals surface area contributed by atoms with Crippen LogP contribution < -0.4 is 0 Å². The first kappa shape index (κ1) is 9.50. The minimum atomic E-state index is 0.776. The highest BCUT2D eigenvalue weighted by atomic mass is 35.5. The molecule has 0 aliphatic rings. The Labute approximate surface area is 92.5 Å². The van der Waals surface area contributed by atoms with E-state index in [-0.39, 0.29) is 0 Å². The van der Waals surface area contributed by atoms with Gasteiger partial charge < -0.3 is 0 Å². The molecule has 0 N–H and O–H groups in total. The zero-order valence-corrected chi connectivity index (χ0v) is 9.05. The van der Waals surface area contributed by atoms with Crippen LogP contribution in [-0.2, 0) is 0 Å². The van der Waals surface area contributed by atoms with Crippen molar-refractivity contribution in [2.24, 2.45) is 0 Å². The molecule has 0 aliphatic heterocycles. The lowest BCUT2D eigenvalue weighted by atomic mass is 10.2. The Morgan fingerprint density at radius 1 is 0.929 bits per heavy atom. The van der Waals surface area contributed by atoms with Gasteiger partial charge in [0, 0.05) is 5.02 Å². The molecule has 14 heavy (non-hydrogen) atoms. The van der Waals surface area contributed by atoms with E-state index in [1.54, 1.807) is 11.3 Å². The second-order valence-corrected chi connectivity index (χ2v) is 4.16. The molecule has 2 rings (SSSR count). The minimum Gasteiger partial charge on any atom is -0.152 e. The van der Waals surface area contributed by atoms with Crippen LogP contribution in [0.1, 0.15) is 11.1 Å². The maximum Gasteiger partial charge on any atom is 0.0406 e. The Kier molecular flexibility index (Phi) is 3.02. The van der Waals surface area contributed by atoms with Crippen LogP contribution >= 0.6 is 22.9 Å². The topological polar surface area (TPSA) is 0 Å². The molecule has 0 fully saturated rings. The molecule has 1 aromatic carbocycles. The van der Waals surface area contributed by atoms with Crippen molar-refractivity contribution >= 4 is 35.1 Å². The fraction of sp³-hybridized carbons (Fsp3) is 0. The lowest BCUT2D eigenvalue weighted by molar-refractivity contribution is 1.66. The fourth-order valence-corrected chi connectivity index (χ4v) is 1.89. The molecule has 2 aromatic rings. The van der Waals surface area contributed by atoms with Crippen LogP contribution in [0.3, 0.4) is 0 Å². The van der Waals surface area contributed by atoms with Crippen molar-refractivity contribution in [2.75, 3.05) is 0 Å². The number of hydrogen-bond donors (Lipinski definition) is 0. The number of benzene rings is 1. The van der Waals surface area contributed by atoms with Crippen molar-refractivity contribution in [2.45, 2.75) is 0 Å². The molecule has 0 radical (unpaired) electrons. The molecule has 0 unspecified atom stereocenters. The Morgan fingerprint density at radius 3 is 2.29 bits per heavy atom. The molecule has 1 heterocycles. The van der Waals surface area contributed by atoms with Crippen molar-refractivity contribution in [1.29, 1.82) is 0 Å². The van der Waals surface area contributed by atoms with Gasteiger partial charge in [-0.2, -0.15) is 11.3 Å². The summed E-state index contributed by atoms with van der Waals surface area (Å²) in [7, 11) is 0. The summed E-state index contributed by atoms with van der Waals surface area (Å²) in [6, 6.07) is 9.90. The number of halogens is 1. The number of thiophene rings is 1. The van der Waals surface area contributed by atoms with Gasteiger partial charge in [0.05, 0.1) is 0 Å². The molecule has 0 bridgehead atoms. The van der Waals surface area contributed by atoms with Crippen molar-refractivity contribution in [3.05, 3.63) is 57.2 Å². The summed E-state index contributed by atoms with van der Waals surface area (Å²) in [6.07, 6.45) is 4.18. The summed E-state index contributed by atoms with van der Waals surface area (Å²) in [5, 5.41) is 4.96. The first-order valence-corrected chi connectivity index (χ1v) is 5.62. The molecule has 0 amide bonds. The fourth-order valence-electron chi connectivity index (χ4n) is 1.14. The van der Waals surface area contributed by atoms with Crippen molar-refractivity contribution in [1.82, 2.24) is 0 Å². The number of rotatable bonds is 2. The maximum absolute atomic E-state index is 5.79. The predicted octanol–water partition coefficient (Wildman–Crippen LogP) is 4.57. The molecule has 0 saturated carbocycles. The second kappa shape index (κ2) is 4.45. The van der Waals surface area contributed by atoms with E-state index >= 15 is 0 Å². The standard InChI is InChI=1S/C12H9ClS/c13-12-5-3-10(4-6-12)1-2-11-7-8-14-9-11/h1-9H/b2-1+. The van der Waals surface area contributed by atoms with Crippen LogP contribution in [-0.4, -0.2) is 0 Å². The first-order chi connectivity index (χ1) is 6.84. The van der Waals surface area contributed by atoms with Gasteiger partial charge in [0.2, 0.25) is 0 Å². The van der Waals surface area contributed by atoms with Crippen molar-refractivity contribution in [3.63, 3.8) is 0 Å². The Hall–Kier alpha value is -1.05. The normalized spacial score (nSPS) is 10.9. The first-order valence-electron chi connectivity index (χ1n) is 4.30. The quantitative estimate of drug-likeness (QED) is 0.696. The smallest absolute Gasteiger partial charge is 0.0406 e. The van der Waals surface area contributed by atoms with Crippen LogP contribution in [0.5, 0.6) is 0 Å². The summed E-state index contributed by atoms with van der Waals surface area (Å²) in [5.74, 6) is 0. The zero-order valence-electron chi connectivity index (χ0n) is 7.48. The van der Waals surface area contributed by atoms with E-state index in [0.29, 0.717) is 0 Å². The summed E-state index contributed by atoms with van der Waals surface area (Å²) in [4.78, 5) is 0. The van der Waals surface area contributed by atoms with E-state index in [0.717, 1.165) is 5.02 Å². The van der Waals surface area contributed by atoms with Crippen LogP contribution in [0, 0.1) is 0 Å². The Bertz CT molecular complexity index is 412. The molecular weight excluding hydrogens is 212 g/mol. The molecule has 2 heteroatoms. The summed E-state index contributed by atoms with van der Waals surface area (Å²) in [5.41, 5.74) is 2.41. The van der Waals surface area contributed by atoms with E-state index in [9.17, 15) is 0 Å². The van der Waals surface area contributed by atoms with E-state index in [1.165, 1.54) is 11.1 Å². The molecule has 1 aromatic heterocycles. The van der Waals surface area contributed by atoms with Gasteiger partial charge in [-0.15, -0.1) is 0 Å². The van der Waals surface area contributed by atoms with Gasteiger partial charge >= 0.3 is 0 Å². The molecule has 0 spiro atoms. The van der Waals surface area contributed by atoms with Crippen molar-refractivity contribution < 1.29 is 0 Å². The molecule has 0 aliphatic carbocycles. The monoisotopic (exact) mass is 220 g/mol. The molecular formula is C12H9ClS. The average molecular weight is 221 g/mol. The van der Waals surface area contributed by atoms with Gasteiger partial charge in [0.25, 0.3) is 0 Å². The van der Waals surface area contributed by atoms with Crippen LogP contribution in [0.4, 0.5) is 0 Å². The van der Waals surface area contributed by atoms with Gasteiger partial charge in [-0.1, -0.05) is 35.9 Å². The van der Waals surface area contributed by atoms with Crippen LogP contribution in [0.15, 0.2) is 41.1 Å². The van der Waals surface area contributed by atoms with E-state index in [1.807, 2.05) is 24.3 Å². The van der Waals surface area contributed by atoms with Gasteiger partial charge in [-0.05, 0) is 40.1 Å². The van der Waals surface area contributed by atoms with Gasteiger partial charge in [-0.3, -0.25) is 0 Å². The lowest BCUT2D eigenvalue weighted by Gasteiger charge is -1.92. The second-order valence-electron chi connectivity index (χ2n) is 2.94. The Morgan fingerprint density at radius 2 is 1.64 bits per heavy atom. The van der Waals surface area contributed by atoms with E-state index in [2.05, 4.69) is 29.0 Å². The van der Waals surface area contributed by atoms with Crippen LogP contribution in [0.25, 0.3) is 12.2 Å². The predicted molar refractivity (Wildman–Crippen MR) is 64.7 cm³/mol. The molecule has 70 valence electrons. The van der Waals surface area contributed by atoms with Crippen molar-refractivity contribution in [3.8, 4) is 0 Å². The Balaban J connectivity index is 2.15. The number of hydrogen-bond acceptors (Lipinski definition) is 1. The average Bonchev–Trinajstić information content (AvgIpc) is 2.70. The van der Waals surface area contributed by atoms with Gasteiger partial charge in [0.1, 0.15) is 0 Å². The zero-order chi connectivity index (χ0) is 9.80. The maximum atomic E-state index is 5.79. The third kappa shape index (κ3) is 2.47. The molecule has 0 nitrogen and oxygen atoms in total. The highest BCUT2D eigenvalue weighted by molar-refractivity contribution is 7.08. The van der Waals surface area contributed by atoms with E-state index in [4.69, 9.17) is 11.6 Å². The van der Waals surface area contributed by atoms with Gasteiger partial charge in [-0.25, -0.2) is 0 Å². The van der Waals surface area contributed by atoms with Gasteiger partial charge in [0.15, 0.2) is 0 Å². The highest BCUT2D eigenvalue weighted by Crippen LogP contribution is 2.13. The minimum absolute atomic E-state index is 0.776. The third-order valence-electron chi connectivity index (χ3n) is 1.88. The molecule has 0 atom stereocenters. The van der Waals surface area contributed by atoms with E-state index < -0.39 is 0 Å². The SMILES string of the molecule is Clc1ccc(/C=C/c2ccsc2)cc1. The van der Waals surface area contributed by atoms with Crippen LogP contribution in [0.2, 0.25) is 5.02 Å². The largest absolute Gasteiger partial charge is 0.152 e. The lowest BCUT2D eigenvalue weighted by Crippen LogP contribution is -1.69. The summed E-state index contributed by atoms with van der Waals surface area (Å²) < 4.78 is 0. The third-order valence-corrected chi connectivity index (χ3v) is 2.83. The summed E-state index contributed by atoms with van der Waals surface area (Å²) >= 11 is 7.49. The molecule has 0 saturated heterocycles. The summed E-state index contributed by atoms with van der Waals surface area (Å²) in [6.45, 7) is 0. The highest BCUT2D eigenvalue weighted by Gasteiger charge is 1.88.